The zero-order chi connectivity index (χ0) is 29.1. The molecular formula is C26H17ClF8N2O2. The van der Waals surface area contributed by atoms with Crippen LogP contribution >= 0.6 is 11.6 Å². The Morgan fingerprint density at radius 2 is 1.49 bits per heavy atom. The molecule has 3 aromatic rings. The molecule has 0 aliphatic carbocycles. The summed E-state index contributed by atoms with van der Waals surface area (Å²) in [5.74, 6) is -2.43. The van der Waals surface area contributed by atoms with Gasteiger partial charge in [0, 0.05) is 16.8 Å². The number of rotatable bonds is 4. The molecule has 0 atom stereocenters. The third-order valence-electron chi connectivity index (χ3n) is 6.34. The minimum Gasteiger partial charge on any atom is -0.321 e. The van der Waals surface area contributed by atoms with Crippen LogP contribution in [0.5, 0.6) is 0 Å². The van der Waals surface area contributed by atoms with E-state index in [-0.39, 0.29) is 39.6 Å². The molecule has 0 fully saturated rings. The Bertz CT molecular complexity index is 1460. The molecule has 1 N–H and O–H groups in total. The highest BCUT2D eigenvalue weighted by Crippen LogP contribution is 2.53. The molecule has 0 radical (unpaired) electrons. The van der Waals surface area contributed by atoms with Gasteiger partial charge in [-0.25, -0.2) is 8.78 Å². The Morgan fingerprint density at radius 3 is 2.03 bits per heavy atom. The van der Waals surface area contributed by atoms with Gasteiger partial charge < -0.3 is 10.2 Å². The summed E-state index contributed by atoms with van der Waals surface area (Å²) in [5.41, 5.74) is -7.81. The number of hydrogen-bond acceptors (Lipinski definition) is 2. The molecule has 3 aromatic carbocycles. The monoisotopic (exact) mass is 576 g/mol. The van der Waals surface area contributed by atoms with Crippen molar-refractivity contribution in [3.63, 3.8) is 0 Å². The van der Waals surface area contributed by atoms with Crippen molar-refractivity contribution in [1.29, 1.82) is 0 Å². The van der Waals surface area contributed by atoms with E-state index in [1.807, 2.05) is 0 Å². The van der Waals surface area contributed by atoms with E-state index < -0.39 is 41.2 Å². The summed E-state index contributed by atoms with van der Waals surface area (Å²) < 4.78 is 109. The van der Waals surface area contributed by atoms with Crippen molar-refractivity contribution in [2.24, 2.45) is 0 Å². The van der Waals surface area contributed by atoms with E-state index in [1.54, 1.807) is 24.3 Å². The van der Waals surface area contributed by atoms with Crippen molar-refractivity contribution in [3.05, 3.63) is 92.8 Å². The summed E-state index contributed by atoms with van der Waals surface area (Å²) in [6.07, 6.45) is -12.6. The summed E-state index contributed by atoms with van der Waals surface area (Å²) in [6, 6.07) is 9.03. The van der Waals surface area contributed by atoms with E-state index in [0.29, 0.717) is 23.3 Å². The smallest absolute Gasteiger partial charge is 0.321 e. The topological polar surface area (TPSA) is 49.4 Å². The Hall–Kier alpha value is -3.67. The minimum absolute atomic E-state index is 0.0116. The number of halogens is 9. The van der Waals surface area contributed by atoms with Crippen molar-refractivity contribution >= 4 is 34.8 Å². The number of nitrogens with one attached hydrogen (secondary N) is 1. The first-order chi connectivity index (χ1) is 18.0. The predicted molar refractivity (Wildman–Crippen MR) is 127 cm³/mol. The third kappa shape index (κ3) is 4.70. The number of anilines is 2. The number of nitrogens with zero attached hydrogens (tertiary/aromatic N) is 1. The van der Waals surface area contributed by atoms with Gasteiger partial charge in [-0.3, -0.25) is 9.59 Å². The van der Waals surface area contributed by atoms with Gasteiger partial charge >= 0.3 is 18.0 Å². The largest absolute Gasteiger partial charge is 0.435 e. The molecule has 4 rings (SSSR count). The van der Waals surface area contributed by atoms with Crippen LogP contribution in [0, 0.1) is 19.7 Å². The number of fused-ring (bicyclic) bond motifs is 1. The van der Waals surface area contributed by atoms with Gasteiger partial charge in [-0.05, 0) is 48.7 Å². The summed E-state index contributed by atoms with van der Waals surface area (Å²) in [6.45, 7) is 2.17. The maximum absolute atomic E-state index is 14.8. The van der Waals surface area contributed by atoms with E-state index in [1.165, 1.54) is 0 Å². The van der Waals surface area contributed by atoms with Crippen LogP contribution in [0.4, 0.5) is 46.5 Å². The lowest BCUT2D eigenvalue weighted by Crippen LogP contribution is -2.50. The molecule has 1 aliphatic heterocycles. The number of benzene rings is 3. The van der Waals surface area contributed by atoms with E-state index in [0.717, 1.165) is 30.9 Å². The Labute approximate surface area is 221 Å². The minimum atomic E-state index is -6.31. The van der Waals surface area contributed by atoms with E-state index in [2.05, 4.69) is 5.32 Å². The molecule has 0 saturated heterocycles. The van der Waals surface area contributed by atoms with Crippen LogP contribution in [0.1, 0.15) is 43.0 Å². The van der Waals surface area contributed by atoms with Gasteiger partial charge in [0.2, 0.25) is 0 Å². The average molecular weight is 577 g/mol. The lowest BCUT2D eigenvalue weighted by molar-refractivity contribution is -0.348. The first-order valence-electron chi connectivity index (χ1n) is 11.1. The van der Waals surface area contributed by atoms with E-state index >= 15 is 0 Å². The highest BCUT2D eigenvalue weighted by molar-refractivity contribution is 6.34. The van der Waals surface area contributed by atoms with Gasteiger partial charge in [0.1, 0.15) is 5.82 Å². The van der Waals surface area contributed by atoms with E-state index in [4.69, 9.17) is 11.6 Å². The quantitative estimate of drug-likeness (QED) is 0.322. The molecular weight excluding hydrogens is 560 g/mol. The number of aryl methyl sites for hydroxylation is 2. The standard InChI is InChI=1S/C26H17ClF8N2O2/c1-12-7-15(24(29,25(30,31)32)26(33,34)35)8-13(2)21(12)36-22(38)17-9-20(19(28)10-18(17)27)37-11-14-5-3-4-6-16(14)23(37)39/h3-10H,11H2,1-2H3,(H,36,38). The molecule has 2 amide bonds. The molecule has 0 spiro atoms. The van der Waals surface area contributed by atoms with Crippen LogP contribution in [0.2, 0.25) is 5.02 Å². The fourth-order valence-corrected chi connectivity index (χ4v) is 4.63. The van der Waals surface area contributed by atoms with Crippen LogP contribution in [0.3, 0.4) is 0 Å². The summed E-state index contributed by atoms with van der Waals surface area (Å²) >= 11 is 6.06. The van der Waals surface area contributed by atoms with Crippen LogP contribution < -0.4 is 10.2 Å². The molecule has 4 nitrogen and oxygen atoms in total. The van der Waals surface area contributed by atoms with Crippen LogP contribution in [0.15, 0.2) is 48.5 Å². The second-order valence-electron chi connectivity index (χ2n) is 8.93. The SMILES string of the molecule is Cc1cc(C(F)(C(F)(F)F)C(F)(F)F)cc(C)c1NC(=O)c1cc(N2Cc3ccccc3C2=O)c(F)cc1Cl. The fraction of sp³-hybridized carbons (Fsp3) is 0.231. The van der Waals surface area contributed by atoms with E-state index in [9.17, 15) is 44.7 Å². The lowest BCUT2D eigenvalue weighted by Gasteiger charge is -2.31. The molecule has 0 aromatic heterocycles. The van der Waals surface area contributed by atoms with Crippen molar-refractivity contribution in [3.8, 4) is 0 Å². The number of carbonyl (C=O) groups is 2. The van der Waals surface area contributed by atoms with Gasteiger partial charge in [-0.2, -0.15) is 26.3 Å². The summed E-state index contributed by atoms with van der Waals surface area (Å²) in [4.78, 5) is 26.9. The first kappa shape index (κ1) is 28.3. The van der Waals surface area contributed by atoms with Crippen LogP contribution in [-0.2, 0) is 12.2 Å². The zero-order valence-electron chi connectivity index (χ0n) is 20.0. The number of hydrogen-bond donors (Lipinski definition) is 1. The number of amides is 2. The molecule has 1 aliphatic rings. The molecule has 39 heavy (non-hydrogen) atoms. The van der Waals surface area contributed by atoms with Crippen molar-refractivity contribution < 1.29 is 44.7 Å². The lowest BCUT2D eigenvalue weighted by atomic mass is 9.90. The molecule has 13 heteroatoms. The highest BCUT2D eigenvalue weighted by Gasteiger charge is 2.73. The van der Waals surface area contributed by atoms with Gasteiger partial charge in [0.25, 0.3) is 11.8 Å². The van der Waals surface area contributed by atoms with Gasteiger partial charge in [-0.15, -0.1) is 0 Å². The number of carbonyl (C=O) groups excluding carboxylic acids is 2. The Kier molecular flexibility index (Phi) is 6.91. The normalized spacial score (nSPS) is 14.0. The molecule has 1 heterocycles. The Balaban J connectivity index is 1.69. The van der Waals surface area contributed by atoms with Crippen LogP contribution in [0.25, 0.3) is 0 Å². The second kappa shape index (κ2) is 9.51. The average Bonchev–Trinajstić information content (AvgIpc) is 3.15. The van der Waals surface area contributed by atoms with Crippen molar-refractivity contribution in [1.82, 2.24) is 0 Å². The molecule has 0 unspecified atom stereocenters. The summed E-state index contributed by atoms with van der Waals surface area (Å²) in [5, 5.41) is 1.95. The number of alkyl halides is 7. The maximum Gasteiger partial charge on any atom is 0.435 e. The molecule has 0 saturated carbocycles. The maximum atomic E-state index is 14.8. The fourth-order valence-electron chi connectivity index (χ4n) is 4.40. The second-order valence-corrected chi connectivity index (χ2v) is 9.33. The molecule has 0 bridgehead atoms. The summed E-state index contributed by atoms with van der Waals surface area (Å²) in [7, 11) is 0. The van der Waals surface area contributed by atoms with Gasteiger partial charge in [-0.1, -0.05) is 41.9 Å². The highest BCUT2D eigenvalue weighted by atomic mass is 35.5. The van der Waals surface area contributed by atoms with Crippen molar-refractivity contribution in [2.45, 2.75) is 38.4 Å². The molecule has 206 valence electrons. The third-order valence-corrected chi connectivity index (χ3v) is 6.66. The van der Waals surface area contributed by atoms with Crippen LogP contribution in [-0.4, -0.2) is 24.2 Å². The Morgan fingerprint density at radius 1 is 0.923 bits per heavy atom. The zero-order valence-corrected chi connectivity index (χ0v) is 20.7. The predicted octanol–water partition coefficient (Wildman–Crippen LogP) is 7.80. The van der Waals surface area contributed by atoms with Gasteiger partial charge in [0.15, 0.2) is 0 Å². The first-order valence-corrected chi connectivity index (χ1v) is 11.5. The van der Waals surface area contributed by atoms with Gasteiger partial charge in [0.05, 0.1) is 22.8 Å². The van der Waals surface area contributed by atoms with Crippen molar-refractivity contribution in [2.75, 3.05) is 10.2 Å².